The predicted octanol–water partition coefficient (Wildman–Crippen LogP) is 0.891. The first-order valence-electron chi connectivity index (χ1n) is 7.43. The van der Waals surface area contributed by atoms with E-state index in [-0.39, 0.29) is 29.7 Å². The van der Waals surface area contributed by atoms with Crippen molar-refractivity contribution in [2.75, 3.05) is 14.1 Å². The van der Waals surface area contributed by atoms with Crippen molar-refractivity contribution in [2.24, 2.45) is 17.8 Å². The van der Waals surface area contributed by atoms with Crippen LogP contribution in [0.25, 0.3) is 0 Å². The Morgan fingerprint density at radius 2 is 1.86 bits per heavy atom. The second-order valence-corrected chi connectivity index (χ2v) is 5.89. The second-order valence-electron chi connectivity index (χ2n) is 5.89. The van der Waals surface area contributed by atoms with Crippen LogP contribution < -0.4 is 10.6 Å². The summed E-state index contributed by atoms with van der Waals surface area (Å²) in [6.45, 7) is 4.02. The van der Waals surface area contributed by atoms with Gasteiger partial charge in [0, 0.05) is 14.1 Å². The van der Waals surface area contributed by atoms with E-state index in [0.29, 0.717) is 0 Å². The van der Waals surface area contributed by atoms with Crippen molar-refractivity contribution in [3.05, 3.63) is 11.6 Å². The Labute approximate surface area is 124 Å². The molecular formula is C15H23N3O3. The standard InChI is InChI=1S/C15H23N3O3/c1-5-8-7-9(6-2)12(16-15(21)18(3)4)11-10(8)13(19)17-14(11)20/h7-8,10-12H,5-6H2,1-4H3,(H,16,21)(H,17,19,20). The van der Waals surface area contributed by atoms with E-state index in [1.54, 1.807) is 14.1 Å². The van der Waals surface area contributed by atoms with E-state index >= 15 is 0 Å². The molecule has 1 fully saturated rings. The van der Waals surface area contributed by atoms with Gasteiger partial charge in [-0.3, -0.25) is 14.9 Å². The minimum atomic E-state index is -0.494. The number of nitrogens with one attached hydrogen (secondary N) is 2. The molecule has 4 unspecified atom stereocenters. The van der Waals surface area contributed by atoms with Gasteiger partial charge in [-0.15, -0.1) is 0 Å². The number of imide groups is 1. The van der Waals surface area contributed by atoms with E-state index in [9.17, 15) is 14.4 Å². The molecule has 0 aromatic heterocycles. The van der Waals surface area contributed by atoms with Crippen LogP contribution in [-0.4, -0.2) is 42.9 Å². The Bertz CT molecular complexity index is 498. The zero-order valence-electron chi connectivity index (χ0n) is 13.0. The van der Waals surface area contributed by atoms with Crippen LogP contribution in [0.1, 0.15) is 26.7 Å². The van der Waals surface area contributed by atoms with Crippen molar-refractivity contribution in [3.8, 4) is 0 Å². The first-order valence-corrected chi connectivity index (χ1v) is 7.43. The fourth-order valence-corrected chi connectivity index (χ4v) is 3.30. The molecule has 1 saturated heterocycles. The summed E-state index contributed by atoms with van der Waals surface area (Å²) in [6.07, 6.45) is 3.62. The number of rotatable bonds is 3. The van der Waals surface area contributed by atoms with Crippen LogP contribution >= 0.6 is 0 Å². The molecule has 4 atom stereocenters. The summed E-state index contributed by atoms with van der Waals surface area (Å²) in [5, 5.41) is 5.32. The van der Waals surface area contributed by atoms with Gasteiger partial charge in [-0.2, -0.15) is 0 Å². The average molecular weight is 293 g/mol. The lowest BCUT2D eigenvalue weighted by molar-refractivity contribution is -0.126. The number of urea groups is 1. The van der Waals surface area contributed by atoms with Crippen molar-refractivity contribution in [2.45, 2.75) is 32.7 Å². The van der Waals surface area contributed by atoms with Crippen LogP contribution in [-0.2, 0) is 9.59 Å². The molecule has 1 aliphatic carbocycles. The van der Waals surface area contributed by atoms with Crippen molar-refractivity contribution >= 4 is 17.8 Å². The fourth-order valence-electron chi connectivity index (χ4n) is 3.30. The van der Waals surface area contributed by atoms with E-state index in [0.717, 1.165) is 18.4 Å². The summed E-state index contributed by atoms with van der Waals surface area (Å²) < 4.78 is 0. The molecule has 0 bridgehead atoms. The van der Waals surface area contributed by atoms with Crippen molar-refractivity contribution < 1.29 is 14.4 Å². The molecule has 0 spiro atoms. The number of hydrogen-bond donors (Lipinski definition) is 2. The summed E-state index contributed by atoms with van der Waals surface area (Å²) in [7, 11) is 3.30. The first-order chi connectivity index (χ1) is 9.90. The monoisotopic (exact) mass is 293 g/mol. The quantitative estimate of drug-likeness (QED) is 0.599. The van der Waals surface area contributed by atoms with E-state index in [4.69, 9.17) is 0 Å². The Kier molecular flexibility index (Phi) is 4.34. The van der Waals surface area contributed by atoms with Crippen LogP contribution in [0.2, 0.25) is 0 Å². The SMILES string of the molecule is CCC1=CC(CC)C2C(=O)NC(=O)C2C1NC(=O)N(C)C. The van der Waals surface area contributed by atoms with Crippen LogP contribution in [0.5, 0.6) is 0 Å². The molecule has 2 aliphatic rings. The van der Waals surface area contributed by atoms with Gasteiger partial charge in [0.05, 0.1) is 17.9 Å². The van der Waals surface area contributed by atoms with Gasteiger partial charge in [-0.1, -0.05) is 25.5 Å². The third-order valence-corrected chi connectivity index (χ3v) is 4.45. The van der Waals surface area contributed by atoms with Crippen molar-refractivity contribution in [1.82, 2.24) is 15.5 Å². The summed E-state index contributed by atoms with van der Waals surface area (Å²) >= 11 is 0. The van der Waals surface area contributed by atoms with Gasteiger partial charge < -0.3 is 10.2 Å². The number of fused-ring (bicyclic) bond motifs is 1. The van der Waals surface area contributed by atoms with Gasteiger partial charge in [-0.05, 0) is 18.8 Å². The molecule has 0 aromatic carbocycles. The average Bonchev–Trinajstić information content (AvgIpc) is 2.74. The van der Waals surface area contributed by atoms with Gasteiger partial charge in [0.1, 0.15) is 0 Å². The lowest BCUT2D eigenvalue weighted by Gasteiger charge is -2.36. The molecule has 4 amide bonds. The molecule has 6 nitrogen and oxygen atoms in total. The van der Waals surface area contributed by atoms with Gasteiger partial charge in [0.2, 0.25) is 11.8 Å². The Morgan fingerprint density at radius 3 is 2.38 bits per heavy atom. The Hall–Kier alpha value is -1.85. The summed E-state index contributed by atoms with van der Waals surface area (Å²) in [5.41, 5.74) is 1.03. The molecule has 0 aromatic rings. The van der Waals surface area contributed by atoms with Crippen LogP contribution in [0.4, 0.5) is 4.79 Å². The molecule has 0 radical (unpaired) electrons. The fraction of sp³-hybridized carbons (Fsp3) is 0.667. The van der Waals surface area contributed by atoms with Crippen LogP contribution in [0.3, 0.4) is 0 Å². The summed E-state index contributed by atoms with van der Waals surface area (Å²) in [5.74, 6) is -1.29. The third kappa shape index (κ3) is 2.66. The number of carbonyl (C=O) groups excluding carboxylic acids is 3. The third-order valence-electron chi connectivity index (χ3n) is 4.45. The molecule has 6 heteroatoms. The lowest BCUT2D eigenvalue weighted by atomic mass is 9.70. The number of allylic oxidation sites excluding steroid dienone is 1. The maximum Gasteiger partial charge on any atom is 0.317 e. The van der Waals surface area contributed by atoms with Crippen molar-refractivity contribution in [1.29, 1.82) is 0 Å². The van der Waals surface area contributed by atoms with Crippen molar-refractivity contribution in [3.63, 3.8) is 0 Å². The number of carbonyl (C=O) groups is 3. The smallest absolute Gasteiger partial charge is 0.317 e. The maximum atomic E-state index is 12.2. The largest absolute Gasteiger partial charge is 0.331 e. The lowest BCUT2D eigenvalue weighted by Crippen LogP contribution is -2.51. The normalized spacial score (nSPS) is 31.3. The highest BCUT2D eigenvalue weighted by Crippen LogP contribution is 2.40. The molecule has 1 aliphatic heterocycles. The second kappa shape index (κ2) is 5.87. The minimum Gasteiger partial charge on any atom is -0.331 e. The Morgan fingerprint density at radius 1 is 1.24 bits per heavy atom. The highest BCUT2D eigenvalue weighted by molar-refractivity contribution is 6.06. The molecule has 21 heavy (non-hydrogen) atoms. The molecule has 2 rings (SSSR count). The van der Waals surface area contributed by atoms with Crippen LogP contribution in [0, 0.1) is 17.8 Å². The van der Waals surface area contributed by atoms with E-state index in [1.165, 1.54) is 4.90 Å². The summed E-state index contributed by atoms with van der Waals surface area (Å²) in [6, 6.07) is -0.649. The molecule has 116 valence electrons. The van der Waals surface area contributed by atoms with Gasteiger partial charge in [0.25, 0.3) is 0 Å². The zero-order chi connectivity index (χ0) is 15.7. The number of hydrogen-bond acceptors (Lipinski definition) is 3. The highest BCUT2D eigenvalue weighted by Gasteiger charge is 2.52. The van der Waals surface area contributed by atoms with E-state index in [2.05, 4.69) is 16.7 Å². The molecule has 2 N–H and O–H groups in total. The van der Waals surface area contributed by atoms with E-state index in [1.807, 2.05) is 13.8 Å². The summed E-state index contributed by atoms with van der Waals surface area (Å²) in [4.78, 5) is 37.6. The predicted molar refractivity (Wildman–Crippen MR) is 78.3 cm³/mol. The van der Waals surface area contributed by atoms with Gasteiger partial charge in [-0.25, -0.2) is 4.79 Å². The molecular weight excluding hydrogens is 270 g/mol. The zero-order valence-corrected chi connectivity index (χ0v) is 13.0. The number of amides is 4. The van der Waals surface area contributed by atoms with Crippen LogP contribution in [0.15, 0.2) is 11.6 Å². The highest BCUT2D eigenvalue weighted by atomic mass is 16.2. The Balaban J connectivity index is 2.38. The molecule has 1 heterocycles. The molecule has 0 saturated carbocycles. The van der Waals surface area contributed by atoms with E-state index < -0.39 is 12.0 Å². The van der Waals surface area contributed by atoms with Gasteiger partial charge >= 0.3 is 6.03 Å². The van der Waals surface area contributed by atoms with Gasteiger partial charge in [0.15, 0.2) is 0 Å². The first kappa shape index (κ1) is 15.5. The number of nitrogens with zero attached hydrogens (tertiary/aromatic N) is 1. The maximum absolute atomic E-state index is 12.2. The minimum absolute atomic E-state index is 0.0592. The topological polar surface area (TPSA) is 78.5 Å².